The van der Waals surface area contributed by atoms with Crippen LogP contribution in [0.2, 0.25) is 5.02 Å². The van der Waals surface area contributed by atoms with E-state index >= 15 is 0 Å². The van der Waals surface area contributed by atoms with Crippen LogP contribution in [0.5, 0.6) is 0 Å². The Kier molecular flexibility index (Phi) is 4.98. The summed E-state index contributed by atoms with van der Waals surface area (Å²) in [6, 6.07) is 3.59. The molecule has 0 aliphatic rings. The highest BCUT2D eigenvalue weighted by atomic mass is 127. The van der Waals surface area contributed by atoms with Crippen molar-refractivity contribution < 1.29 is 0 Å². The highest BCUT2D eigenvalue weighted by molar-refractivity contribution is 14.1. The van der Waals surface area contributed by atoms with E-state index in [9.17, 15) is 4.79 Å². The van der Waals surface area contributed by atoms with Crippen molar-refractivity contribution >= 4 is 40.0 Å². The van der Waals surface area contributed by atoms with Gasteiger partial charge in [0, 0.05) is 6.54 Å². The molecule has 0 fully saturated rings. The molecule has 0 aliphatic heterocycles. The van der Waals surface area contributed by atoms with Crippen molar-refractivity contribution in [3.63, 3.8) is 0 Å². The number of hydrogen-bond donors (Lipinski definition) is 1. The van der Waals surface area contributed by atoms with Crippen LogP contribution in [0.1, 0.15) is 18.3 Å². The maximum atomic E-state index is 12.1. The molecular formula is C13H14ClIN4O. The van der Waals surface area contributed by atoms with Gasteiger partial charge < -0.3 is 5.32 Å². The summed E-state index contributed by atoms with van der Waals surface area (Å²) in [6.07, 6.45) is 1.53. The molecular weight excluding hydrogens is 391 g/mol. The van der Waals surface area contributed by atoms with E-state index in [1.165, 1.54) is 10.9 Å². The molecule has 2 aromatic rings. The quantitative estimate of drug-likeness (QED) is 0.796. The third-order valence-electron chi connectivity index (χ3n) is 2.75. The maximum absolute atomic E-state index is 12.1. The van der Waals surface area contributed by atoms with E-state index in [4.69, 9.17) is 11.6 Å². The topological polar surface area (TPSA) is 59.8 Å². The number of nitrogens with one attached hydrogen (secondary N) is 1. The first-order valence-corrected chi connectivity index (χ1v) is 7.59. The monoisotopic (exact) mass is 404 g/mol. The summed E-state index contributed by atoms with van der Waals surface area (Å²) in [6.45, 7) is 4.88. The number of halogens is 2. The van der Waals surface area contributed by atoms with Crippen LogP contribution in [0.25, 0.3) is 0 Å². The number of aromatic nitrogens is 3. The van der Waals surface area contributed by atoms with Gasteiger partial charge in [-0.2, -0.15) is 0 Å². The van der Waals surface area contributed by atoms with E-state index in [1.807, 2.05) is 42.5 Å². The lowest BCUT2D eigenvalue weighted by Gasteiger charge is -2.10. The third-order valence-corrected chi connectivity index (χ3v) is 4.34. The fraction of sp³-hybridized carbons (Fsp3) is 0.308. The molecule has 0 spiro atoms. The number of aryl methyl sites for hydroxylation is 1. The molecule has 0 bridgehead atoms. The first-order chi connectivity index (χ1) is 9.52. The molecule has 0 aromatic carbocycles. The van der Waals surface area contributed by atoms with Gasteiger partial charge in [-0.25, -0.2) is 9.97 Å². The third kappa shape index (κ3) is 3.29. The first-order valence-electron chi connectivity index (χ1n) is 6.13. The smallest absolute Gasteiger partial charge is 0.267 e. The molecule has 20 heavy (non-hydrogen) atoms. The van der Waals surface area contributed by atoms with Gasteiger partial charge in [0.25, 0.3) is 5.56 Å². The van der Waals surface area contributed by atoms with Gasteiger partial charge in [-0.1, -0.05) is 11.6 Å². The number of hydrogen-bond acceptors (Lipinski definition) is 4. The Hall–Kier alpha value is -1.15. The highest BCUT2D eigenvalue weighted by Crippen LogP contribution is 2.17. The minimum absolute atomic E-state index is 0.0789. The zero-order chi connectivity index (χ0) is 14.7. The van der Waals surface area contributed by atoms with Crippen molar-refractivity contribution in [2.24, 2.45) is 0 Å². The predicted octanol–water partition coefficient (Wildman–Crippen LogP) is 2.68. The first kappa shape index (κ1) is 15.2. The van der Waals surface area contributed by atoms with Gasteiger partial charge in [0.1, 0.15) is 5.82 Å². The van der Waals surface area contributed by atoms with Crippen molar-refractivity contribution in [3.8, 4) is 0 Å². The summed E-state index contributed by atoms with van der Waals surface area (Å²) in [5, 5.41) is 3.66. The lowest BCUT2D eigenvalue weighted by Crippen LogP contribution is -2.25. The average molecular weight is 405 g/mol. The van der Waals surface area contributed by atoms with Crippen LogP contribution in [0.15, 0.2) is 23.3 Å². The van der Waals surface area contributed by atoms with Crippen LogP contribution in [-0.4, -0.2) is 21.1 Å². The van der Waals surface area contributed by atoms with Crippen molar-refractivity contribution in [2.45, 2.75) is 20.4 Å². The second-order valence-corrected chi connectivity index (χ2v) is 5.72. The van der Waals surface area contributed by atoms with Crippen LogP contribution in [0.4, 0.5) is 5.82 Å². The van der Waals surface area contributed by atoms with Gasteiger partial charge in [0.2, 0.25) is 0 Å². The zero-order valence-electron chi connectivity index (χ0n) is 11.2. The molecule has 0 aliphatic carbocycles. The molecule has 0 amide bonds. The second-order valence-electron chi connectivity index (χ2n) is 4.23. The Morgan fingerprint density at radius 1 is 1.45 bits per heavy atom. The van der Waals surface area contributed by atoms with Crippen molar-refractivity contribution in [3.05, 3.63) is 48.8 Å². The zero-order valence-corrected chi connectivity index (χ0v) is 14.1. The van der Waals surface area contributed by atoms with E-state index in [0.717, 1.165) is 18.1 Å². The van der Waals surface area contributed by atoms with Gasteiger partial charge in [-0.3, -0.25) is 9.36 Å². The molecule has 0 saturated heterocycles. The summed E-state index contributed by atoms with van der Waals surface area (Å²) in [4.78, 5) is 20.8. The lowest BCUT2D eigenvalue weighted by molar-refractivity contribution is 0.708. The van der Waals surface area contributed by atoms with E-state index in [1.54, 1.807) is 6.07 Å². The van der Waals surface area contributed by atoms with Crippen LogP contribution in [0.3, 0.4) is 0 Å². The van der Waals surface area contributed by atoms with Gasteiger partial charge >= 0.3 is 0 Å². The maximum Gasteiger partial charge on any atom is 0.267 e. The number of anilines is 1. The van der Waals surface area contributed by atoms with Crippen molar-refractivity contribution in [1.29, 1.82) is 0 Å². The fourth-order valence-corrected chi connectivity index (χ4v) is 2.31. The van der Waals surface area contributed by atoms with Gasteiger partial charge in [0.15, 0.2) is 0 Å². The van der Waals surface area contributed by atoms with E-state index < -0.39 is 0 Å². The minimum Gasteiger partial charge on any atom is -0.370 e. The number of nitrogens with zero attached hydrogens (tertiary/aromatic N) is 3. The van der Waals surface area contributed by atoms with Crippen molar-refractivity contribution in [1.82, 2.24) is 14.5 Å². The Morgan fingerprint density at radius 3 is 2.90 bits per heavy atom. The van der Waals surface area contributed by atoms with Crippen molar-refractivity contribution in [2.75, 3.05) is 11.9 Å². The summed E-state index contributed by atoms with van der Waals surface area (Å²) in [5.74, 6) is 0.745. The Morgan fingerprint density at radius 2 is 2.20 bits per heavy atom. The molecule has 0 atom stereocenters. The fourth-order valence-electron chi connectivity index (χ4n) is 1.70. The van der Waals surface area contributed by atoms with Crippen LogP contribution >= 0.6 is 34.2 Å². The average Bonchev–Trinajstić information content (AvgIpc) is 2.43. The lowest BCUT2D eigenvalue weighted by atomic mass is 10.3. The van der Waals surface area contributed by atoms with E-state index in [0.29, 0.717) is 20.8 Å². The summed E-state index contributed by atoms with van der Waals surface area (Å²) < 4.78 is 2.13. The predicted molar refractivity (Wildman–Crippen MR) is 88.5 cm³/mol. The molecule has 2 rings (SSSR count). The Labute approximate surface area is 135 Å². The molecule has 106 valence electrons. The molecule has 1 N–H and O–H groups in total. The molecule has 7 heteroatoms. The summed E-state index contributed by atoms with van der Waals surface area (Å²) in [5.41, 5.74) is 1.30. The molecule has 5 nitrogen and oxygen atoms in total. The molecule has 2 aromatic heterocycles. The standard InChI is InChI=1S/C13H14ClIN4O/c1-3-16-11-5-4-9(14)10(18-11)6-19-7-17-8(2)12(15)13(19)20/h4-5,7H,3,6H2,1-2H3,(H,16,18). The highest BCUT2D eigenvalue weighted by Gasteiger charge is 2.09. The minimum atomic E-state index is -0.0789. The van der Waals surface area contributed by atoms with Crippen LogP contribution in [-0.2, 0) is 6.54 Å². The summed E-state index contributed by atoms with van der Waals surface area (Å²) >= 11 is 8.15. The Balaban J connectivity index is 2.37. The van der Waals surface area contributed by atoms with Gasteiger partial charge in [0.05, 0.1) is 32.9 Å². The number of rotatable bonds is 4. The van der Waals surface area contributed by atoms with Crippen LogP contribution in [0, 0.1) is 10.5 Å². The normalized spacial score (nSPS) is 10.6. The number of pyridine rings is 1. The molecule has 0 unspecified atom stereocenters. The Bertz CT molecular complexity index is 687. The van der Waals surface area contributed by atoms with Gasteiger partial charge in [-0.05, 0) is 48.6 Å². The largest absolute Gasteiger partial charge is 0.370 e. The molecule has 2 heterocycles. The molecule has 0 radical (unpaired) electrons. The van der Waals surface area contributed by atoms with Gasteiger partial charge in [-0.15, -0.1) is 0 Å². The van der Waals surface area contributed by atoms with E-state index in [2.05, 4.69) is 15.3 Å². The molecule has 0 saturated carbocycles. The second kappa shape index (κ2) is 6.53. The SMILES string of the molecule is CCNc1ccc(Cl)c(Cn2cnc(C)c(I)c2=O)n1. The summed E-state index contributed by atoms with van der Waals surface area (Å²) in [7, 11) is 0. The van der Waals surface area contributed by atoms with Crippen LogP contribution < -0.4 is 10.9 Å². The van der Waals surface area contributed by atoms with E-state index in [-0.39, 0.29) is 5.56 Å².